The van der Waals surface area contributed by atoms with E-state index in [2.05, 4.69) is 5.32 Å². The summed E-state index contributed by atoms with van der Waals surface area (Å²) in [6.45, 7) is 5.89. The van der Waals surface area contributed by atoms with Gasteiger partial charge in [0.25, 0.3) is 0 Å². The van der Waals surface area contributed by atoms with Crippen LogP contribution >= 0.6 is 11.6 Å². The van der Waals surface area contributed by atoms with Crippen molar-refractivity contribution < 1.29 is 14.6 Å². The quantitative estimate of drug-likeness (QED) is 0.877. The molecule has 4 atom stereocenters. The van der Waals surface area contributed by atoms with Crippen LogP contribution in [0, 0.1) is 11.8 Å². The second-order valence-corrected chi connectivity index (χ2v) is 5.49. The lowest BCUT2D eigenvalue weighted by Crippen LogP contribution is -2.31. The number of nitrogens with one attached hydrogen (secondary N) is 1. The SMILES string of the molecule is CC1OC(C)C(C(=O)Nc2ccc(Cl)c(O)c2)C1C. The van der Waals surface area contributed by atoms with Crippen molar-refractivity contribution in [2.45, 2.75) is 33.0 Å². The molecule has 1 aromatic rings. The van der Waals surface area contributed by atoms with Crippen LogP contribution in [-0.2, 0) is 9.53 Å². The second-order valence-electron chi connectivity index (χ2n) is 5.09. The Morgan fingerprint density at radius 1 is 1.32 bits per heavy atom. The first-order valence-corrected chi connectivity index (χ1v) is 6.72. The fraction of sp³-hybridized carbons (Fsp3) is 0.500. The van der Waals surface area contributed by atoms with Gasteiger partial charge < -0.3 is 15.2 Å². The highest BCUT2D eigenvalue weighted by atomic mass is 35.5. The molecule has 0 saturated carbocycles. The summed E-state index contributed by atoms with van der Waals surface area (Å²) in [7, 11) is 0. The molecule has 1 amide bonds. The van der Waals surface area contributed by atoms with Gasteiger partial charge in [0, 0.05) is 11.8 Å². The molecule has 1 aliphatic heterocycles. The van der Waals surface area contributed by atoms with E-state index in [1.807, 2.05) is 20.8 Å². The number of rotatable bonds is 2. The highest BCUT2D eigenvalue weighted by Crippen LogP contribution is 2.33. The van der Waals surface area contributed by atoms with E-state index < -0.39 is 0 Å². The van der Waals surface area contributed by atoms with Gasteiger partial charge in [-0.2, -0.15) is 0 Å². The normalized spacial score (nSPS) is 30.3. The topological polar surface area (TPSA) is 58.6 Å². The zero-order chi connectivity index (χ0) is 14.2. The van der Waals surface area contributed by atoms with E-state index in [1.165, 1.54) is 6.07 Å². The molecule has 1 aromatic carbocycles. The van der Waals surface area contributed by atoms with E-state index >= 15 is 0 Å². The number of carbonyl (C=O) groups excluding carboxylic acids is 1. The molecule has 1 aliphatic rings. The minimum atomic E-state index is -0.187. The molecule has 0 aliphatic carbocycles. The number of amides is 1. The fourth-order valence-corrected chi connectivity index (χ4v) is 2.65. The van der Waals surface area contributed by atoms with E-state index in [1.54, 1.807) is 12.1 Å². The number of carbonyl (C=O) groups is 1. The monoisotopic (exact) mass is 283 g/mol. The van der Waals surface area contributed by atoms with Crippen LogP contribution in [0.25, 0.3) is 0 Å². The number of hydrogen-bond acceptors (Lipinski definition) is 3. The third kappa shape index (κ3) is 2.85. The Labute approximate surface area is 117 Å². The molecule has 0 bridgehead atoms. The first kappa shape index (κ1) is 14.2. The van der Waals surface area contributed by atoms with Crippen molar-refractivity contribution in [3.05, 3.63) is 23.2 Å². The molecule has 2 N–H and O–H groups in total. The van der Waals surface area contributed by atoms with Crippen molar-refractivity contribution in [2.75, 3.05) is 5.32 Å². The summed E-state index contributed by atoms with van der Waals surface area (Å²) in [5.41, 5.74) is 0.533. The van der Waals surface area contributed by atoms with Crippen LogP contribution in [0.4, 0.5) is 5.69 Å². The Kier molecular flexibility index (Phi) is 4.02. The number of aromatic hydroxyl groups is 1. The minimum absolute atomic E-state index is 0.0448. The average Bonchev–Trinajstić information content (AvgIpc) is 2.58. The molecule has 1 fully saturated rings. The lowest BCUT2D eigenvalue weighted by atomic mass is 9.89. The van der Waals surface area contributed by atoms with Gasteiger partial charge in [0.05, 0.1) is 23.1 Å². The first-order valence-electron chi connectivity index (χ1n) is 6.35. The van der Waals surface area contributed by atoms with Gasteiger partial charge in [-0.15, -0.1) is 0 Å². The molecule has 2 rings (SSSR count). The fourth-order valence-electron chi connectivity index (χ4n) is 2.53. The average molecular weight is 284 g/mol. The van der Waals surface area contributed by atoms with Crippen molar-refractivity contribution in [3.8, 4) is 5.75 Å². The molecule has 0 aromatic heterocycles. The summed E-state index contributed by atoms with van der Waals surface area (Å²) in [6, 6.07) is 4.65. The Morgan fingerprint density at radius 2 is 2.00 bits per heavy atom. The number of benzene rings is 1. The van der Waals surface area contributed by atoms with Gasteiger partial charge in [-0.05, 0) is 31.9 Å². The summed E-state index contributed by atoms with van der Waals surface area (Å²) in [5, 5.41) is 12.6. The number of ether oxygens (including phenoxy) is 1. The van der Waals surface area contributed by atoms with Crippen LogP contribution in [0.15, 0.2) is 18.2 Å². The van der Waals surface area contributed by atoms with Crippen LogP contribution in [0.5, 0.6) is 5.75 Å². The van der Waals surface area contributed by atoms with Crippen molar-refractivity contribution in [3.63, 3.8) is 0 Å². The number of phenolic OH excluding ortho intramolecular Hbond substituents is 1. The van der Waals surface area contributed by atoms with Gasteiger partial charge in [-0.3, -0.25) is 4.79 Å². The number of halogens is 1. The lowest BCUT2D eigenvalue weighted by Gasteiger charge is -2.18. The summed E-state index contributed by atoms with van der Waals surface area (Å²) < 4.78 is 5.66. The highest BCUT2D eigenvalue weighted by Gasteiger charge is 2.41. The van der Waals surface area contributed by atoms with Gasteiger partial charge in [-0.1, -0.05) is 18.5 Å². The molecule has 4 unspecified atom stereocenters. The molecular weight excluding hydrogens is 266 g/mol. The van der Waals surface area contributed by atoms with Crippen molar-refractivity contribution >= 4 is 23.2 Å². The maximum atomic E-state index is 12.3. The number of hydrogen-bond donors (Lipinski definition) is 2. The maximum Gasteiger partial charge on any atom is 0.230 e. The van der Waals surface area contributed by atoms with Crippen LogP contribution in [0.2, 0.25) is 5.02 Å². The number of anilines is 1. The van der Waals surface area contributed by atoms with Crippen LogP contribution in [-0.4, -0.2) is 23.2 Å². The molecule has 4 nitrogen and oxygen atoms in total. The largest absolute Gasteiger partial charge is 0.506 e. The van der Waals surface area contributed by atoms with E-state index in [0.717, 1.165) is 0 Å². The Bertz CT molecular complexity index is 492. The predicted octanol–water partition coefficient (Wildman–Crippen LogP) is 3.04. The molecule has 0 spiro atoms. The summed E-state index contributed by atoms with van der Waals surface area (Å²) >= 11 is 5.73. The predicted molar refractivity (Wildman–Crippen MR) is 74.4 cm³/mol. The molecule has 19 heavy (non-hydrogen) atoms. The zero-order valence-electron chi connectivity index (χ0n) is 11.2. The third-order valence-electron chi connectivity index (χ3n) is 3.76. The standard InChI is InChI=1S/C14H18ClNO3/c1-7-8(2)19-9(3)13(7)14(18)16-10-4-5-11(15)12(17)6-10/h4-9,13,17H,1-3H3,(H,16,18). The van der Waals surface area contributed by atoms with Crippen LogP contribution in [0.1, 0.15) is 20.8 Å². The van der Waals surface area contributed by atoms with E-state index in [0.29, 0.717) is 5.69 Å². The molecule has 5 heteroatoms. The molecule has 1 saturated heterocycles. The summed E-state index contributed by atoms with van der Waals surface area (Å²) in [4.78, 5) is 12.3. The van der Waals surface area contributed by atoms with Crippen LogP contribution < -0.4 is 5.32 Å². The summed E-state index contributed by atoms with van der Waals surface area (Å²) in [5.74, 6) is -0.161. The molecule has 0 radical (unpaired) electrons. The van der Waals surface area contributed by atoms with Crippen molar-refractivity contribution in [1.82, 2.24) is 0 Å². The lowest BCUT2D eigenvalue weighted by molar-refractivity contribution is -0.121. The smallest absolute Gasteiger partial charge is 0.230 e. The van der Waals surface area contributed by atoms with E-state index in [9.17, 15) is 9.90 Å². The first-order chi connectivity index (χ1) is 8.90. The maximum absolute atomic E-state index is 12.3. The van der Waals surface area contributed by atoms with E-state index in [4.69, 9.17) is 16.3 Å². The van der Waals surface area contributed by atoms with Crippen molar-refractivity contribution in [1.29, 1.82) is 0 Å². The zero-order valence-corrected chi connectivity index (χ0v) is 11.9. The Hall–Kier alpha value is -1.26. The van der Waals surface area contributed by atoms with Crippen molar-refractivity contribution in [2.24, 2.45) is 11.8 Å². The minimum Gasteiger partial charge on any atom is -0.506 e. The van der Waals surface area contributed by atoms with Gasteiger partial charge in [0.15, 0.2) is 0 Å². The molecular formula is C14H18ClNO3. The molecule has 1 heterocycles. The number of phenols is 1. The Balaban J connectivity index is 2.10. The second kappa shape index (κ2) is 5.39. The highest BCUT2D eigenvalue weighted by molar-refractivity contribution is 6.32. The van der Waals surface area contributed by atoms with Gasteiger partial charge >= 0.3 is 0 Å². The van der Waals surface area contributed by atoms with E-state index in [-0.39, 0.29) is 40.7 Å². The Morgan fingerprint density at radius 3 is 2.53 bits per heavy atom. The third-order valence-corrected chi connectivity index (χ3v) is 4.08. The molecule has 104 valence electrons. The van der Waals surface area contributed by atoms with Gasteiger partial charge in [0.2, 0.25) is 5.91 Å². The summed E-state index contributed by atoms with van der Waals surface area (Å²) in [6.07, 6.45) is -0.0322. The van der Waals surface area contributed by atoms with Gasteiger partial charge in [0.1, 0.15) is 5.75 Å². The van der Waals surface area contributed by atoms with Gasteiger partial charge in [-0.25, -0.2) is 0 Å². The van der Waals surface area contributed by atoms with Crippen LogP contribution in [0.3, 0.4) is 0 Å².